The van der Waals surface area contributed by atoms with E-state index < -0.39 is 0 Å². The molecule has 0 saturated carbocycles. The van der Waals surface area contributed by atoms with Crippen LogP contribution in [0.25, 0.3) is 5.65 Å². The minimum atomic E-state index is 0.528. The topological polar surface area (TPSA) is 29.3 Å². The molecule has 2 aromatic rings. The summed E-state index contributed by atoms with van der Waals surface area (Å²) in [6.45, 7) is 4.49. The monoisotopic (exact) mass is 215 g/mol. The molecule has 1 fully saturated rings. The van der Waals surface area contributed by atoms with Crippen molar-refractivity contribution in [1.82, 2.24) is 14.7 Å². The summed E-state index contributed by atoms with van der Waals surface area (Å²) in [5.41, 5.74) is 2.26. The van der Waals surface area contributed by atoms with Crippen molar-refractivity contribution in [2.24, 2.45) is 0 Å². The molecule has 3 atom stereocenters. The minimum Gasteiger partial charge on any atom is -0.311 e. The van der Waals surface area contributed by atoms with E-state index in [0.717, 1.165) is 5.65 Å². The summed E-state index contributed by atoms with van der Waals surface area (Å²) in [6.07, 6.45) is 5.41. The van der Waals surface area contributed by atoms with Crippen molar-refractivity contribution in [2.75, 3.05) is 0 Å². The zero-order chi connectivity index (χ0) is 11.1. The molecule has 3 rings (SSSR count). The van der Waals surface area contributed by atoms with Gasteiger partial charge in [-0.05, 0) is 32.4 Å². The largest absolute Gasteiger partial charge is 0.311 e. The molecule has 1 saturated heterocycles. The first-order chi connectivity index (χ1) is 7.74. The maximum Gasteiger partial charge on any atom is 0.136 e. The summed E-state index contributed by atoms with van der Waals surface area (Å²) in [6, 6.07) is 7.26. The van der Waals surface area contributed by atoms with Crippen LogP contribution in [0.4, 0.5) is 0 Å². The molecular weight excluding hydrogens is 198 g/mol. The van der Waals surface area contributed by atoms with E-state index in [9.17, 15) is 0 Å². The molecule has 0 spiro atoms. The Hall–Kier alpha value is -1.35. The van der Waals surface area contributed by atoms with Crippen molar-refractivity contribution >= 4 is 5.65 Å². The summed E-state index contributed by atoms with van der Waals surface area (Å²) in [4.78, 5) is 4.70. The maximum absolute atomic E-state index is 4.70. The lowest BCUT2D eigenvalue weighted by atomic mass is 9.97. The normalized spacial score (nSPS) is 30.0. The van der Waals surface area contributed by atoms with E-state index in [1.165, 1.54) is 12.1 Å². The molecule has 3 heterocycles. The zero-order valence-electron chi connectivity index (χ0n) is 9.72. The first-order valence-corrected chi connectivity index (χ1v) is 5.94. The number of hydrogen-bond donors (Lipinski definition) is 1. The Morgan fingerprint density at radius 1 is 1.38 bits per heavy atom. The van der Waals surface area contributed by atoms with Crippen LogP contribution in [0.2, 0.25) is 0 Å². The Morgan fingerprint density at radius 3 is 2.94 bits per heavy atom. The Bertz CT molecular complexity index is 470. The smallest absolute Gasteiger partial charge is 0.136 e. The average Bonchev–Trinajstić information content (AvgIpc) is 2.81. The fourth-order valence-corrected chi connectivity index (χ4v) is 2.73. The molecule has 0 amide bonds. The Labute approximate surface area is 95.5 Å². The lowest BCUT2D eigenvalue weighted by Gasteiger charge is -2.11. The molecule has 84 valence electrons. The number of rotatable bonds is 1. The number of imidazole rings is 1. The molecular formula is C13H17N3. The van der Waals surface area contributed by atoms with Crippen molar-refractivity contribution < 1.29 is 0 Å². The average molecular weight is 215 g/mol. The molecule has 0 radical (unpaired) electrons. The fourth-order valence-electron chi connectivity index (χ4n) is 2.73. The SMILES string of the molecule is CC1CC(c2cn3ccccc3n2)C(C)N1. The van der Waals surface area contributed by atoms with Crippen molar-refractivity contribution in [2.45, 2.75) is 38.3 Å². The quantitative estimate of drug-likeness (QED) is 0.790. The van der Waals surface area contributed by atoms with Crippen molar-refractivity contribution in [3.8, 4) is 0 Å². The third-order valence-corrected chi connectivity index (χ3v) is 3.52. The Kier molecular flexibility index (Phi) is 2.21. The second-order valence-electron chi connectivity index (χ2n) is 4.83. The van der Waals surface area contributed by atoms with Crippen LogP contribution in [-0.4, -0.2) is 21.5 Å². The van der Waals surface area contributed by atoms with Crippen molar-refractivity contribution in [3.63, 3.8) is 0 Å². The standard InChI is InChI=1S/C13H17N3/c1-9-7-11(10(2)14-9)12-8-16-6-4-3-5-13(16)15-12/h3-6,8-11,14H,7H2,1-2H3. The van der Waals surface area contributed by atoms with Crippen LogP contribution in [0.3, 0.4) is 0 Å². The van der Waals surface area contributed by atoms with E-state index in [1.54, 1.807) is 0 Å². The van der Waals surface area contributed by atoms with Crippen LogP contribution in [0.15, 0.2) is 30.6 Å². The highest BCUT2D eigenvalue weighted by Crippen LogP contribution is 2.29. The summed E-state index contributed by atoms with van der Waals surface area (Å²) in [5, 5.41) is 3.56. The minimum absolute atomic E-state index is 0.528. The van der Waals surface area contributed by atoms with Crippen LogP contribution in [0, 0.1) is 0 Å². The summed E-state index contributed by atoms with van der Waals surface area (Å²) in [5.74, 6) is 0.551. The van der Waals surface area contributed by atoms with Crippen LogP contribution in [0.5, 0.6) is 0 Å². The van der Waals surface area contributed by atoms with Crippen molar-refractivity contribution in [3.05, 3.63) is 36.3 Å². The van der Waals surface area contributed by atoms with Gasteiger partial charge in [0.1, 0.15) is 5.65 Å². The summed E-state index contributed by atoms with van der Waals surface area (Å²) in [7, 11) is 0. The molecule has 0 bridgehead atoms. The van der Waals surface area contributed by atoms with Crippen LogP contribution in [0.1, 0.15) is 31.9 Å². The van der Waals surface area contributed by atoms with E-state index in [4.69, 9.17) is 4.98 Å². The van der Waals surface area contributed by atoms with Gasteiger partial charge < -0.3 is 9.72 Å². The summed E-state index contributed by atoms with van der Waals surface area (Å²) < 4.78 is 2.10. The van der Waals surface area contributed by atoms with Gasteiger partial charge in [-0.15, -0.1) is 0 Å². The maximum atomic E-state index is 4.70. The molecule has 3 unspecified atom stereocenters. The van der Waals surface area contributed by atoms with E-state index in [0.29, 0.717) is 18.0 Å². The molecule has 1 aliphatic heterocycles. The predicted molar refractivity (Wildman–Crippen MR) is 64.6 cm³/mol. The van der Waals surface area contributed by atoms with Gasteiger partial charge >= 0.3 is 0 Å². The van der Waals surface area contributed by atoms with Crippen LogP contribution >= 0.6 is 0 Å². The number of pyridine rings is 1. The first-order valence-electron chi connectivity index (χ1n) is 5.94. The van der Waals surface area contributed by atoms with Crippen LogP contribution < -0.4 is 5.32 Å². The zero-order valence-corrected chi connectivity index (χ0v) is 9.72. The third kappa shape index (κ3) is 1.52. The third-order valence-electron chi connectivity index (χ3n) is 3.52. The summed E-state index contributed by atoms with van der Waals surface area (Å²) >= 11 is 0. The molecule has 1 aliphatic rings. The molecule has 2 aromatic heterocycles. The second-order valence-corrected chi connectivity index (χ2v) is 4.83. The van der Waals surface area contributed by atoms with Crippen molar-refractivity contribution in [1.29, 1.82) is 0 Å². The van der Waals surface area contributed by atoms with Gasteiger partial charge in [-0.3, -0.25) is 0 Å². The Balaban J connectivity index is 2.00. The van der Waals surface area contributed by atoms with Gasteiger partial charge in [0.05, 0.1) is 5.69 Å². The number of nitrogens with zero attached hydrogens (tertiary/aromatic N) is 2. The van der Waals surface area contributed by atoms with Gasteiger partial charge in [0, 0.05) is 30.4 Å². The molecule has 1 N–H and O–H groups in total. The number of nitrogens with one attached hydrogen (secondary N) is 1. The van der Waals surface area contributed by atoms with E-state index in [2.05, 4.69) is 42.0 Å². The highest BCUT2D eigenvalue weighted by atomic mass is 15.0. The van der Waals surface area contributed by atoms with E-state index in [1.807, 2.05) is 12.1 Å². The van der Waals surface area contributed by atoms with Gasteiger partial charge in [-0.2, -0.15) is 0 Å². The van der Waals surface area contributed by atoms with E-state index in [-0.39, 0.29) is 0 Å². The lowest BCUT2D eigenvalue weighted by Crippen LogP contribution is -2.26. The number of fused-ring (bicyclic) bond motifs is 1. The molecule has 0 aliphatic carbocycles. The van der Waals surface area contributed by atoms with Gasteiger partial charge in [-0.1, -0.05) is 6.07 Å². The molecule has 0 aromatic carbocycles. The number of hydrogen-bond acceptors (Lipinski definition) is 2. The van der Waals surface area contributed by atoms with E-state index >= 15 is 0 Å². The van der Waals surface area contributed by atoms with Crippen LogP contribution in [-0.2, 0) is 0 Å². The van der Waals surface area contributed by atoms with Gasteiger partial charge in [0.2, 0.25) is 0 Å². The first kappa shape index (κ1) is 9.85. The molecule has 16 heavy (non-hydrogen) atoms. The second kappa shape index (κ2) is 3.59. The fraction of sp³-hybridized carbons (Fsp3) is 0.462. The van der Waals surface area contributed by atoms with Gasteiger partial charge in [0.25, 0.3) is 0 Å². The predicted octanol–water partition coefficient (Wildman–Crippen LogP) is 2.19. The highest BCUT2D eigenvalue weighted by molar-refractivity contribution is 5.40. The van der Waals surface area contributed by atoms with Gasteiger partial charge in [0.15, 0.2) is 0 Å². The molecule has 3 nitrogen and oxygen atoms in total. The molecule has 3 heteroatoms. The lowest BCUT2D eigenvalue weighted by molar-refractivity contribution is 0.570. The highest BCUT2D eigenvalue weighted by Gasteiger charge is 2.30. The Morgan fingerprint density at radius 2 is 2.25 bits per heavy atom. The van der Waals surface area contributed by atoms with Gasteiger partial charge in [-0.25, -0.2) is 4.98 Å². The number of aromatic nitrogens is 2.